The van der Waals surface area contributed by atoms with Crippen LogP contribution in [0.1, 0.15) is 26.8 Å². The molecule has 0 aromatic carbocycles. The molecule has 0 bridgehead atoms. The third kappa shape index (κ3) is 3.63. The molecule has 0 saturated carbocycles. The number of piperazine rings is 1. The molecule has 4 aromatic rings. The minimum Gasteiger partial charge on any atom is -0.336 e. The maximum absolute atomic E-state index is 13.2. The molecular weight excluding hydrogens is 480 g/mol. The zero-order valence-electron chi connectivity index (χ0n) is 18.7. The van der Waals surface area contributed by atoms with Crippen LogP contribution in [0.25, 0.3) is 11.5 Å². The number of aromatic nitrogens is 6. The molecule has 12 nitrogen and oxygen atoms in total. The Balaban J connectivity index is 1.34. The number of nitrogens with one attached hydrogen (secondary N) is 1. The van der Waals surface area contributed by atoms with Gasteiger partial charge in [0, 0.05) is 32.4 Å². The molecule has 1 amide bonds. The zero-order valence-corrected chi connectivity index (χ0v) is 20.4. The predicted octanol–water partition coefficient (Wildman–Crippen LogP) is 0.737. The van der Waals surface area contributed by atoms with Gasteiger partial charge in [0.05, 0.1) is 28.2 Å². The highest BCUT2D eigenvalue weighted by atomic mass is 32.2. The molecule has 1 aliphatic rings. The Labute approximate surface area is 198 Å². The third-order valence-corrected chi connectivity index (χ3v) is 9.35. The molecule has 0 radical (unpaired) electrons. The molecular formula is C20H22N8O4S2. The third-order valence-electron chi connectivity index (χ3n) is 5.79. The second kappa shape index (κ2) is 8.14. The summed E-state index contributed by atoms with van der Waals surface area (Å²) >= 11 is 1.16. The van der Waals surface area contributed by atoms with Gasteiger partial charge in [0.2, 0.25) is 5.95 Å². The topological polar surface area (TPSA) is 139 Å². The quantitative estimate of drug-likeness (QED) is 0.434. The number of hydrogen-bond acceptors (Lipinski definition) is 8. The number of sulfonamides is 1. The van der Waals surface area contributed by atoms with Crippen LogP contribution in [0, 0.1) is 20.8 Å². The van der Waals surface area contributed by atoms with Gasteiger partial charge < -0.3 is 4.90 Å². The number of nitrogens with zero attached hydrogens (tertiary/aromatic N) is 7. The summed E-state index contributed by atoms with van der Waals surface area (Å²) in [6, 6.07) is 3.36. The van der Waals surface area contributed by atoms with Gasteiger partial charge in [-0.2, -0.15) is 9.40 Å². The van der Waals surface area contributed by atoms with Crippen LogP contribution in [-0.4, -0.2) is 79.1 Å². The lowest BCUT2D eigenvalue weighted by molar-refractivity contribution is 0.0697. The Hall–Kier alpha value is -3.36. The van der Waals surface area contributed by atoms with E-state index in [0.717, 1.165) is 11.3 Å². The van der Waals surface area contributed by atoms with Gasteiger partial charge in [-0.25, -0.2) is 22.6 Å². The molecule has 178 valence electrons. The lowest BCUT2D eigenvalue weighted by Gasteiger charge is -2.33. The summed E-state index contributed by atoms with van der Waals surface area (Å²) < 4.78 is 30.6. The molecule has 0 atom stereocenters. The Kier molecular flexibility index (Phi) is 5.37. The van der Waals surface area contributed by atoms with Gasteiger partial charge in [-0.05, 0) is 32.9 Å². The Bertz CT molecular complexity index is 1570. The van der Waals surface area contributed by atoms with Gasteiger partial charge in [-0.15, -0.1) is 16.4 Å². The number of rotatable bonds is 4. The van der Waals surface area contributed by atoms with Gasteiger partial charge >= 0.3 is 0 Å². The van der Waals surface area contributed by atoms with Crippen LogP contribution in [0.3, 0.4) is 0 Å². The first-order valence-corrected chi connectivity index (χ1v) is 12.8. The zero-order chi connectivity index (χ0) is 24.2. The first kappa shape index (κ1) is 22.4. The Morgan fingerprint density at radius 2 is 1.88 bits per heavy atom. The summed E-state index contributed by atoms with van der Waals surface area (Å²) in [7, 11) is -3.65. The van der Waals surface area contributed by atoms with Crippen molar-refractivity contribution in [2.45, 2.75) is 25.0 Å². The normalized spacial score (nSPS) is 15.3. The van der Waals surface area contributed by atoms with Crippen molar-refractivity contribution < 1.29 is 13.2 Å². The average Bonchev–Trinajstić information content (AvgIpc) is 3.52. The van der Waals surface area contributed by atoms with Crippen molar-refractivity contribution in [1.29, 1.82) is 0 Å². The number of aryl methyl sites for hydroxylation is 2. The van der Waals surface area contributed by atoms with Crippen molar-refractivity contribution in [2.75, 3.05) is 26.2 Å². The average molecular weight is 503 g/mol. The van der Waals surface area contributed by atoms with E-state index in [0.29, 0.717) is 27.5 Å². The first-order valence-electron chi connectivity index (χ1n) is 10.5. The number of thiazole rings is 1. The molecule has 0 spiro atoms. The Morgan fingerprint density at radius 3 is 2.56 bits per heavy atom. The highest BCUT2D eigenvalue weighted by Gasteiger charge is 2.33. The molecule has 1 N–H and O–H groups in total. The van der Waals surface area contributed by atoms with Gasteiger partial charge in [0.15, 0.2) is 4.21 Å². The van der Waals surface area contributed by atoms with Gasteiger partial charge in [-0.3, -0.25) is 14.6 Å². The second-order valence-electron chi connectivity index (χ2n) is 7.97. The van der Waals surface area contributed by atoms with Crippen LogP contribution in [0.5, 0.6) is 0 Å². The lowest BCUT2D eigenvalue weighted by atomic mass is 10.2. The first-order chi connectivity index (χ1) is 16.2. The number of H-pyrrole nitrogens is 1. The number of hydrogen-bond donors (Lipinski definition) is 1. The van der Waals surface area contributed by atoms with E-state index in [4.69, 9.17) is 0 Å². The van der Waals surface area contributed by atoms with Crippen molar-refractivity contribution in [2.24, 2.45) is 0 Å². The van der Waals surface area contributed by atoms with E-state index < -0.39 is 10.0 Å². The van der Waals surface area contributed by atoms with E-state index in [2.05, 4.69) is 20.2 Å². The maximum Gasteiger partial charge on any atom is 0.276 e. The van der Waals surface area contributed by atoms with E-state index >= 15 is 0 Å². The number of amides is 1. The molecule has 1 aliphatic heterocycles. The monoisotopic (exact) mass is 502 g/mol. The van der Waals surface area contributed by atoms with Crippen LogP contribution >= 0.6 is 11.3 Å². The van der Waals surface area contributed by atoms with Crippen molar-refractivity contribution in [3.8, 4) is 5.95 Å². The van der Waals surface area contributed by atoms with E-state index in [1.54, 1.807) is 44.0 Å². The van der Waals surface area contributed by atoms with E-state index in [9.17, 15) is 18.0 Å². The number of fused-ring (bicyclic) bond motifs is 1. The summed E-state index contributed by atoms with van der Waals surface area (Å²) in [5.74, 6) is -0.0635. The Morgan fingerprint density at radius 1 is 1.15 bits per heavy atom. The molecule has 34 heavy (non-hydrogen) atoms. The van der Waals surface area contributed by atoms with Crippen LogP contribution < -0.4 is 5.56 Å². The van der Waals surface area contributed by atoms with Gasteiger partial charge in [-0.1, -0.05) is 0 Å². The highest BCUT2D eigenvalue weighted by Crippen LogP contribution is 2.27. The second-order valence-corrected chi connectivity index (χ2v) is 11.3. The van der Waals surface area contributed by atoms with Crippen LogP contribution in [0.2, 0.25) is 0 Å². The van der Waals surface area contributed by atoms with Gasteiger partial charge in [0.25, 0.3) is 21.5 Å². The SMILES string of the molecule is Cc1nc(C)c(S(=O)(=O)N2CCN(C(=O)c3cnn(-c4nn5cccc5c(=O)[nH]4)c3C)CC2)s1. The summed E-state index contributed by atoms with van der Waals surface area (Å²) in [6.45, 7) is 6.07. The van der Waals surface area contributed by atoms with Crippen LogP contribution in [-0.2, 0) is 10.0 Å². The van der Waals surface area contributed by atoms with Crippen molar-refractivity contribution in [3.63, 3.8) is 0 Å². The summed E-state index contributed by atoms with van der Waals surface area (Å²) in [5, 5.41) is 9.30. The molecule has 1 fully saturated rings. The maximum atomic E-state index is 13.2. The highest BCUT2D eigenvalue weighted by molar-refractivity contribution is 7.91. The van der Waals surface area contributed by atoms with Crippen molar-refractivity contribution in [3.05, 3.63) is 56.8 Å². The summed E-state index contributed by atoms with van der Waals surface area (Å²) in [4.78, 5) is 34.0. The van der Waals surface area contributed by atoms with Gasteiger partial charge in [0.1, 0.15) is 5.52 Å². The molecule has 0 unspecified atom stereocenters. The fraction of sp³-hybridized carbons (Fsp3) is 0.350. The van der Waals surface area contributed by atoms with Crippen molar-refractivity contribution >= 4 is 32.8 Å². The number of carbonyl (C=O) groups is 1. The number of aromatic amines is 1. The summed E-state index contributed by atoms with van der Waals surface area (Å²) in [5.41, 5.74) is 1.46. The minimum atomic E-state index is -3.65. The molecule has 5 heterocycles. The largest absolute Gasteiger partial charge is 0.336 e. The van der Waals surface area contributed by atoms with Crippen LogP contribution in [0.4, 0.5) is 0 Å². The standard InChI is InChI=1S/C20H22N8O4S2/c1-12-19(33-14(3)22-12)34(31,32)26-9-7-25(8-10-26)18(30)15-11-21-28(13(15)2)20-23-17(29)16-5-4-6-27(16)24-20/h4-6,11H,7-10H2,1-3H3,(H,23,24,29). The smallest absolute Gasteiger partial charge is 0.276 e. The predicted molar refractivity (Wildman–Crippen MR) is 124 cm³/mol. The molecule has 14 heteroatoms. The fourth-order valence-electron chi connectivity index (χ4n) is 4.03. The molecule has 5 rings (SSSR count). The van der Waals surface area contributed by atoms with Crippen LogP contribution in [0.15, 0.2) is 33.5 Å². The number of carbonyl (C=O) groups excluding carboxylic acids is 1. The molecule has 4 aromatic heterocycles. The van der Waals surface area contributed by atoms with Crippen molar-refractivity contribution in [1.82, 2.24) is 38.6 Å². The minimum absolute atomic E-state index is 0.191. The van der Waals surface area contributed by atoms with E-state index in [1.807, 2.05) is 0 Å². The van der Waals surface area contributed by atoms with E-state index in [1.165, 1.54) is 19.7 Å². The van der Waals surface area contributed by atoms with E-state index in [-0.39, 0.29) is 47.8 Å². The summed E-state index contributed by atoms with van der Waals surface area (Å²) in [6.07, 6.45) is 3.09. The molecule has 0 aliphatic carbocycles. The fourth-order valence-corrected chi connectivity index (χ4v) is 7.07. The molecule has 1 saturated heterocycles. The lowest BCUT2D eigenvalue weighted by Crippen LogP contribution is -2.50.